The monoisotopic (exact) mass is 204 g/mol. The Balaban J connectivity index is 2.13. The summed E-state index contributed by atoms with van der Waals surface area (Å²) in [4.78, 5) is 0. The molecule has 0 aliphatic heterocycles. The minimum atomic E-state index is -0.184. The first kappa shape index (κ1) is 8.89. The molecule has 0 saturated heterocycles. The normalized spacial score (nSPS) is 16.1. The number of nitrogens with zero attached hydrogens (tertiary/aromatic N) is 2. The van der Waals surface area contributed by atoms with Crippen molar-refractivity contribution in [1.29, 1.82) is 0 Å². The molecule has 0 unspecified atom stereocenters. The number of hydrogen-bond donors (Lipinski definition) is 0. The van der Waals surface area contributed by atoms with Crippen LogP contribution in [0.15, 0.2) is 18.2 Å². The Morgan fingerprint density at radius 2 is 2.27 bits per heavy atom. The molecule has 0 amide bonds. The fourth-order valence-corrected chi connectivity index (χ4v) is 2.00. The second-order valence-corrected chi connectivity index (χ2v) is 4.37. The minimum absolute atomic E-state index is 0.184. The van der Waals surface area contributed by atoms with Crippen molar-refractivity contribution in [3.05, 3.63) is 29.7 Å². The van der Waals surface area contributed by atoms with Gasteiger partial charge in [0.05, 0.1) is 11.2 Å². The molecule has 1 heterocycles. The number of hydrogen-bond acceptors (Lipinski definition) is 1. The smallest absolute Gasteiger partial charge is 0.124 e. The van der Waals surface area contributed by atoms with Crippen LogP contribution < -0.4 is 0 Å². The van der Waals surface area contributed by atoms with Gasteiger partial charge < -0.3 is 0 Å². The van der Waals surface area contributed by atoms with E-state index in [1.807, 2.05) is 17.7 Å². The van der Waals surface area contributed by atoms with E-state index in [1.165, 1.54) is 18.9 Å². The molecule has 0 spiro atoms. The van der Waals surface area contributed by atoms with E-state index in [0.717, 1.165) is 29.1 Å². The van der Waals surface area contributed by atoms with Gasteiger partial charge in [-0.1, -0.05) is 0 Å². The highest BCUT2D eigenvalue weighted by Crippen LogP contribution is 2.32. The zero-order chi connectivity index (χ0) is 10.4. The molecule has 0 bridgehead atoms. The van der Waals surface area contributed by atoms with Crippen molar-refractivity contribution in [3.63, 3.8) is 0 Å². The highest BCUT2D eigenvalue weighted by Gasteiger charge is 2.23. The van der Waals surface area contributed by atoms with E-state index in [1.54, 1.807) is 6.07 Å². The Labute approximate surface area is 87.7 Å². The predicted molar refractivity (Wildman–Crippen MR) is 57.2 cm³/mol. The van der Waals surface area contributed by atoms with Crippen LogP contribution in [0.25, 0.3) is 10.9 Å². The standard InChI is InChI=1S/C12H13FN2/c1-8-11-6-10(13)4-5-12(11)15(14-8)7-9-2-3-9/h4-6,9H,2-3,7H2,1H3. The quantitative estimate of drug-likeness (QED) is 0.735. The lowest BCUT2D eigenvalue weighted by Crippen LogP contribution is -2.01. The maximum Gasteiger partial charge on any atom is 0.124 e. The average molecular weight is 204 g/mol. The summed E-state index contributed by atoms with van der Waals surface area (Å²) in [6.45, 7) is 2.92. The Morgan fingerprint density at radius 3 is 3.00 bits per heavy atom. The number of aromatic nitrogens is 2. The summed E-state index contributed by atoms with van der Waals surface area (Å²) in [6.07, 6.45) is 2.61. The Morgan fingerprint density at radius 1 is 1.47 bits per heavy atom. The van der Waals surface area contributed by atoms with Crippen LogP contribution in [-0.2, 0) is 6.54 Å². The summed E-state index contributed by atoms with van der Waals surface area (Å²) in [5.41, 5.74) is 1.98. The highest BCUT2D eigenvalue weighted by molar-refractivity contribution is 5.81. The van der Waals surface area contributed by atoms with Crippen LogP contribution in [0.3, 0.4) is 0 Å². The predicted octanol–water partition coefficient (Wildman–Crippen LogP) is 2.89. The SMILES string of the molecule is Cc1nn(CC2CC2)c2ccc(F)cc12. The average Bonchev–Trinajstić information content (AvgIpc) is 2.95. The van der Waals surface area contributed by atoms with Gasteiger partial charge in [-0.15, -0.1) is 0 Å². The van der Waals surface area contributed by atoms with Gasteiger partial charge in [0.1, 0.15) is 5.82 Å². The highest BCUT2D eigenvalue weighted by atomic mass is 19.1. The molecule has 1 aromatic heterocycles. The summed E-state index contributed by atoms with van der Waals surface area (Å²) in [7, 11) is 0. The molecule has 1 aliphatic rings. The number of rotatable bonds is 2. The number of fused-ring (bicyclic) bond motifs is 1. The number of halogens is 1. The van der Waals surface area contributed by atoms with Gasteiger partial charge in [0.15, 0.2) is 0 Å². The van der Waals surface area contributed by atoms with Gasteiger partial charge in [-0.2, -0.15) is 5.10 Å². The van der Waals surface area contributed by atoms with Crippen molar-refractivity contribution < 1.29 is 4.39 Å². The number of aryl methyl sites for hydroxylation is 1. The molecular formula is C12H13FN2. The van der Waals surface area contributed by atoms with Crippen molar-refractivity contribution in [2.24, 2.45) is 5.92 Å². The van der Waals surface area contributed by atoms with Gasteiger partial charge in [-0.05, 0) is 43.9 Å². The van der Waals surface area contributed by atoms with Crippen molar-refractivity contribution in [2.45, 2.75) is 26.3 Å². The molecule has 1 aromatic carbocycles. The summed E-state index contributed by atoms with van der Waals surface area (Å²) < 4.78 is 15.1. The van der Waals surface area contributed by atoms with E-state index in [9.17, 15) is 4.39 Å². The van der Waals surface area contributed by atoms with Crippen LogP contribution in [0.5, 0.6) is 0 Å². The largest absolute Gasteiger partial charge is 0.264 e. The molecule has 0 N–H and O–H groups in total. The van der Waals surface area contributed by atoms with Crippen LogP contribution >= 0.6 is 0 Å². The van der Waals surface area contributed by atoms with Gasteiger partial charge >= 0.3 is 0 Å². The maximum absolute atomic E-state index is 13.1. The molecule has 2 aromatic rings. The van der Waals surface area contributed by atoms with Crippen molar-refractivity contribution in [2.75, 3.05) is 0 Å². The van der Waals surface area contributed by atoms with Crippen molar-refractivity contribution >= 4 is 10.9 Å². The second-order valence-electron chi connectivity index (χ2n) is 4.37. The van der Waals surface area contributed by atoms with E-state index in [2.05, 4.69) is 5.10 Å². The fraction of sp³-hybridized carbons (Fsp3) is 0.417. The van der Waals surface area contributed by atoms with Gasteiger partial charge in [-0.25, -0.2) is 4.39 Å². The van der Waals surface area contributed by atoms with Gasteiger partial charge in [0.25, 0.3) is 0 Å². The first-order chi connectivity index (χ1) is 7.24. The Hall–Kier alpha value is -1.38. The lowest BCUT2D eigenvalue weighted by molar-refractivity contribution is 0.576. The Kier molecular flexibility index (Phi) is 1.81. The lowest BCUT2D eigenvalue weighted by Gasteiger charge is -2.00. The van der Waals surface area contributed by atoms with Crippen LogP contribution in [-0.4, -0.2) is 9.78 Å². The van der Waals surface area contributed by atoms with Crippen LogP contribution in [0.2, 0.25) is 0 Å². The van der Waals surface area contributed by atoms with Gasteiger partial charge in [0, 0.05) is 11.9 Å². The molecule has 15 heavy (non-hydrogen) atoms. The van der Waals surface area contributed by atoms with Gasteiger partial charge in [0.2, 0.25) is 0 Å². The third-order valence-corrected chi connectivity index (χ3v) is 3.03. The summed E-state index contributed by atoms with van der Waals surface area (Å²) >= 11 is 0. The number of benzene rings is 1. The summed E-state index contributed by atoms with van der Waals surface area (Å²) in [5.74, 6) is 0.606. The van der Waals surface area contributed by atoms with Crippen molar-refractivity contribution in [1.82, 2.24) is 9.78 Å². The topological polar surface area (TPSA) is 17.8 Å². The molecular weight excluding hydrogens is 191 g/mol. The lowest BCUT2D eigenvalue weighted by atomic mass is 10.2. The third-order valence-electron chi connectivity index (χ3n) is 3.03. The Bertz CT molecular complexity index is 512. The molecule has 78 valence electrons. The summed E-state index contributed by atoms with van der Waals surface area (Å²) in [6, 6.07) is 4.90. The van der Waals surface area contributed by atoms with Crippen LogP contribution in [0.1, 0.15) is 18.5 Å². The van der Waals surface area contributed by atoms with Crippen LogP contribution in [0, 0.1) is 18.7 Å². The van der Waals surface area contributed by atoms with E-state index < -0.39 is 0 Å². The van der Waals surface area contributed by atoms with E-state index in [-0.39, 0.29) is 5.82 Å². The zero-order valence-corrected chi connectivity index (χ0v) is 8.70. The molecule has 1 saturated carbocycles. The van der Waals surface area contributed by atoms with Crippen molar-refractivity contribution in [3.8, 4) is 0 Å². The van der Waals surface area contributed by atoms with Crippen LogP contribution in [0.4, 0.5) is 4.39 Å². The first-order valence-corrected chi connectivity index (χ1v) is 5.37. The van der Waals surface area contributed by atoms with E-state index in [0.29, 0.717) is 0 Å². The third kappa shape index (κ3) is 1.52. The first-order valence-electron chi connectivity index (χ1n) is 5.37. The molecule has 1 fully saturated rings. The van der Waals surface area contributed by atoms with E-state index >= 15 is 0 Å². The maximum atomic E-state index is 13.1. The molecule has 0 atom stereocenters. The summed E-state index contributed by atoms with van der Waals surface area (Å²) in [5, 5.41) is 5.40. The van der Waals surface area contributed by atoms with E-state index in [4.69, 9.17) is 0 Å². The minimum Gasteiger partial charge on any atom is -0.264 e. The molecule has 0 radical (unpaired) electrons. The second kappa shape index (κ2) is 3.05. The molecule has 2 nitrogen and oxygen atoms in total. The molecule has 1 aliphatic carbocycles. The van der Waals surface area contributed by atoms with Gasteiger partial charge in [-0.3, -0.25) is 4.68 Å². The fourth-order valence-electron chi connectivity index (χ4n) is 2.00. The zero-order valence-electron chi connectivity index (χ0n) is 8.70. The molecule has 3 rings (SSSR count). The molecule has 3 heteroatoms.